The molecule has 9 heteroatoms. The molecule has 0 unspecified atom stereocenters. The standard InChI is InChI=1S/C44H84N4.CH4O4S/c1-5-7-9-11-13-15-17-19-21-23-25-27-29-31-33-35-43-45(3)37-39-47(43)41-42-48-40-38-46(4)44(48)36-34-32-30-28-26-24-22-20-18-16-14-12-10-8-6-2;1-5-6(2,3)4/h19-22H,5-18,23-42H2,1-4H3;1H3,(H,2,3,4)/q+2;/p-1. The van der Waals surface area contributed by atoms with Crippen molar-refractivity contribution in [3.05, 3.63) is 24.3 Å². The minimum atomic E-state index is -4.41. The number of rotatable bonds is 34. The van der Waals surface area contributed by atoms with Crippen molar-refractivity contribution in [1.29, 1.82) is 0 Å². The molecule has 0 saturated heterocycles. The van der Waals surface area contributed by atoms with Crippen LogP contribution in [-0.2, 0) is 14.6 Å². The highest BCUT2D eigenvalue weighted by Gasteiger charge is 2.32. The lowest BCUT2D eigenvalue weighted by Gasteiger charge is -2.17. The summed E-state index contributed by atoms with van der Waals surface area (Å²) in [5, 5.41) is 0. The molecule has 0 N–H and O–H groups in total. The summed E-state index contributed by atoms with van der Waals surface area (Å²) in [6.45, 7) is 11.8. The highest BCUT2D eigenvalue weighted by Crippen LogP contribution is 2.16. The van der Waals surface area contributed by atoms with Crippen molar-refractivity contribution in [1.82, 2.24) is 9.80 Å². The van der Waals surface area contributed by atoms with E-state index in [0.29, 0.717) is 0 Å². The van der Waals surface area contributed by atoms with Crippen molar-refractivity contribution in [2.45, 2.75) is 194 Å². The Morgan fingerprint density at radius 3 is 1.11 bits per heavy atom. The average molecular weight is 780 g/mol. The quantitative estimate of drug-likeness (QED) is 0.0213. The number of allylic oxidation sites excluding steroid dienone is 4. The zero-order valence-corrected chi connectivity index (χ0v) is 37.0. The largest absolute Gasteiger partial charge is 0.726 e. The van der Waals surface area contributed by atoms with Crippen LogP contribution in [0.15, 0.2) is 24.3 Å². The monoisotopic (exact) mass is 780 g/mol. The van der Waals surface area contributed by atoms with Crippen molar-refractivity contribution >= 4 is 22.1 Å². The summed E-state index contributed by atoms with van der Waals surface area (Å²) in [7, 11) is 1.04. The molecule has 0 spiro atoms. The Kier molecular flexibility index (Phi) is 32.2. The number of amidine groups is 2. The van der Waals surface area contributed by atoms with Crippen molar-refractivity contribution in [2.75, 3.05) is 60.5 Å². The third kappa shape index (κ3) is 27.8. The highest BCUT2D eigenvalue weighted by molar-refractivity contribution is 7.80. The van der Waals surface area contributed by atoms with Gasteiger partial charge in [0.2, 0.25) is 22.1 Å². The Hall–Kier alpha value is -1.71. The van der Waals surface area contributed by atoms with Gasteiger partial charge in [-0.2, -0.15) is 0 Å². The lowest BCUT2D eigenvalue weighted by atomic mass is 10.1. The maximum atomic E-state index is 9.22. The van der Waals surface area contributed by atoms with Gasteiger partial charge < -0.3 is 4.55 Å². The number of unbranched alkanes of at least 4 members (excludes halogenated alkanes) is 22. The summed E-state index contributed by atoms with van der Waals surface area (Å²) in [5.41, 5.74) is 0. The zero-order chi connectivity index (χ0) is 39.5. The number of nitrogens with zero attached hydrogens (tertiary/aromatic N) is 4. The summed E-state index contributed by atoms with van der Waals surface area (Å²) in [6, 6.07) is 0. The van der Waals surface area contributed by atoms with E-state index in [1.54, 1.807) is 11.7 Å². The van der Waals surface area contributed by atoms with Crippen molar-refractivity contribution in [2.24, 2.45) is 0 Å². The molecule has 0 fully saturated rings. The fraction of sp³-hybridized carbons (Fsp3) is 0.867. The predicted molar refractivity (Wildman–Crippen MR) is 231 cm³/mol. The minimum Gasteiger partial charge on any atom is -0.726 e. The minimum absolute atomic E-state index is 0.808. The van der Waals surface area contributed by atoms with Gasteiger partial charge in [0.1, 0.15) is 39.3 Å². The topological polar surface area (TPSA) is 78.9 Å². The van der Waals surface area contributed by atoms with Gasteiger partial charge in [-0.05, 0) is 64.2 Å². The number of hydrogen-bond donors (Lipinski definition) is 0. The van der Waals surface area contributed by atoms with Crippen molar-refractivity contribution in [3.63, 3.8) is 0 Å². The molecule has 54 heavy (non-hydrogen) atoms. The summed E-state index contributed by atoms with van der Waals surface area (Å²) in [6.07, 6.45) is 48.2. The summed E-state index contributed by atoms with van der Waals surface area (Å²) >= 11 is 0. The fourth-order valence-electron chi connectivity index (χ4n) is 7.67. The second-order valence-corrected chi connectivity index (χ2v) is 17.0. The smallest absolute Gasteiger partial charge is 0.246 e. The molecular weight excluding hydrogens is 693 g/mol. The maximum absolute atomic E-state index is 9.22. The zero-order valence-electron chi connectivity index (χ0n) is 36.2. The molecule has 2 rings (SSSR count). The molecule has 2 aliphatic heterocycles. The lowest BCUT2D eigenvalue weighted by molar-refractivity contribution is -0.487. The second kappa shape index (κ2) is 34.5. The Morgan fingerprint density at radius 2 is 0.815 bits per heavy atom. The summed E-state index contributed by atoms with van der Waals surface area (Å²) in [4.78, 5) is 5.43. The van der Waals surface area contributed by atoms with E-state index >= 15 is 0 Å². The molecule has 0 amide bonds. The van der Waals surface area contributed by atoms with Crippen LogP contribution in [0.3, 0.4) is 0 Å². The molecule has 0 saturated carbocycles. The van der Waals surface area contributed by atoms with Crippen LogP contribution < -0.4 is 0 Å². The van der Waals surface area contributed by atoms with Gasteiger partial charge in [0, 0.05) is 12.8 Å². The molecule has 0 aromatic heterocycles. The fourth-order valence-corrected chi connectivity index (χ4v) is 7.67. The SMILES string of the molecule is CCCCCCCCC=CCCCCCCCC1=[N+](C)CCN1CCN1CC[N+](C)=C1CCCCCCCC=CCCCCCCCC.COS(=O)(=O)[O-]. The molecule has 316 valence electrons. The van der Waals surface area contributed by atoms with Gasteiger partial charge in [-0.25, -0.2) is 8.42 Å². The first kappa shape index (κ1) is 50.3. The van der Waals surface area contributed by atoms with Crippen LogP contribution in [0.5, 0.6) is 0 Å². The van der Waals surface area contributed by atoms with E-state index in [1.807, 2.05) is 0 Å². The summed E-state index contributed by atoms with van der Waals surface area (Å²) in [5.74, 6) is 3.22. The van der Waals surface area contributed by atoms with Gasteiger partial charge in [0.15, 0.2) is 0 Å². The van der Waals surface area contributed by atoms with Crippen LogP contribution in [0.1, 0.15) is 194 Å². The van der Waals surface area contributed by atoms with Crippen LogP contribution in [0.25, 0.3) is 0 Å². The van der Waals surface area contributed by atoms with Gasteiger partial charge in [0.25, 0.3) is 0 Å². The Morgan fingerprint density at radius 1 is 0.537 bits per heavy atom. The van der Waals surface area contributed by atoms with E-state index in [0.717, 1.165) is 7.11 Å². The highest BCUT2D eigenvalue weighted by atomic mass is 32.3. The third-order valence-corrected chi connectivity index (χ3v) is 11.6. The van der Waals surface area contributed by atoms with E-state index in [1.165, 1.54) is 219 Å². The Balaban J connectivity index is 0.00000223. The van der Waals surface area contributed by atoms with Crippen LogP contribution in [-0.4, -0.2) is 104 Å². The van der Waals surface area contributed by atoms with E-state index in [9.17, 15) is 13.0 Å². The lowest BCUT2D eigenvalue weighted by Crippen LogP contribution is -2.39. The molecule has 0 radical (unpaired) electrons. The van der Waals surface area contributed by atoms with Gasteiger partial charge in [-0.15, -0.1) is 0 Å². The molecule has 0 aliphatic carbocycles. The molecule has 0 aromatic rings. The van der Waals surface area contributed by atoms with Gasteiger partial charge in [-0.3, -0.25) is 23.1 Å². The van der Waals surface area contributed by atoms with Crippen LogP contribution >= 0.6 is 0 Å². The third-order valence-electron chi connectivity index (χ3n) is 11.2. The Labute approximate surface area is 335 Å². The first-order valence-corrected chi connectivity index (χ1v) is 24.0. The molecule has 2 heterocycles. The molecule has 0 bridgehead atoms. The van der Waals surface area contributed by atoms with E-state index in [2.05, 4.69) is 75.4 Å². The first-order valence-electron chi connectivity index (χ1n) is 22.7. The molecular formula is C45H87N4O4S+. The average Bonchev–Trinajstić information content (AvgIpc) is 3.70. The second-order valence-electron chi connectivity index (χ2n) is 15.9. The molecule has 2 aliphatic rings. The molecule has 0 aromatic carbocycles. The van der Waals surface area contributed by atoms with Gasteiger partial charge >= 0.3 is 0 Å². The van der Waals surface area contributed by atoms with E-state index in [4.69, 9.17) is 0 Å². The number of likely N-dealkylation sites (N-methyl/N-ethyl adjacent to an activating group) is 2. The maximum Gasteiger partial charge on any atom is 0.246 e. The normalized spacial score (nSPS) is 15.1. The van der Waals surface area contributed by atoms with E-state index < -0.39 is 10.4 Å². The van der Waals surface area contributed by atoms with Gasteiger partial charge in [-0.1, -0.05) is 141 Å². The number of hydrogen-bond acceptors (Lipinski definition) is 6. The summed E-state index contributed by atoms with van der Waals surface area (Å²) < 4.78 is 36.1. The van der Waals surface area contributed by atoms with Crippen molar-refractivity contribution < 1.29 is 26.3 Å². The van der Waals surface area contributed by atoms with Crippen molar-refractivity contribution in [3.8, 4) is 0 Å². The van der Waals surface area contributed by atoms with Crippen LogP contribution in [0.2, 0.25) is 0 Å². The molecule has 0 atom stereocenters. The first-order chi connectivity index (χ1) is 26.2. The van der Waals surface area contributed by atoms with E-state index in [-0.39, 0.29) is 0 Å². The Bertz CT molecular complexity index is 1060. The predicted octanol–water partition coefficient (Wildman–Crippen LogP) is 10.9. The molecule has 8 nitrogen and oxygen atoms in total. The van der Waals surface area contributed by atoms with Crippen LogP contribution in [0.4, 0.5) is 0 Å². The van der Waals surface area contributed by atoms with Crippen LogP contribution in [0, 0.1) is 0 Å². The van der Waals surface area contributed by atoms with Gasteiger partial charge in [0.05, 0.1) is 21.2 Å².